The van der Waals surface area contributed by atoms with Crippen LogP contribution in [0.4, 0.5) is 10.1 Å². The summed E-state index contributed by atoms with van der Waals surface area (Å²) in [5.41, 5.74) is 0.940. The number of ether oxygens (including phenoxy) is 3. The molecular formula is C24H17ClFNO5. The van der Waals surface area contributed by atoms with E-state index in [1.807, 2.05) is 0 Å². The quantitative estimate of drug-likeness (QED) is 0.524. The van der Waals surface area contributed by atoms with Crippen molar-refractivity contribution in [1.29, 1.82) is 0 Å². The third-order valence-electron chi connectivity index (χ3n) is 4.64. The van der Waals surface area contributed by atoms with E-state index in [1.165, 1.54) is 43.5 Å². The van der Waals surface area contributed by atoms with Gasteiger partial charge in [-0.05, 0) is 42.5 Å². The highest BCUT2D eigenvalue weighted by molar-refractivity contribution is 6.32. The first-order valence-electron chi connectivity index (χ1n) is 9.53. The molecule has 4 rings (SSSR count). The number of hydrogen-bond acceptors (Lipinski definition) is 5. The topological polar surface area (TPSA) is 73.9 Å². The molecule has 1 N–H and O–H groups in total. The highest BCUT2D eigenvalue weighted by Crippen LogP contribution is 2.35. The molecule has 0 atom stereocenters. The lowest BCUT2D eigenvalue weighted by Crippen LogP contribution is -2.20. The Bertz CT molecular complexity index is 1220. The molecular weight excluding hydrogens is 437 g/mol. The Morgan fingerprint density at radius 2 is 1.94 bits per heavy atom. The van der Waals surface area contributed by atoms with Gasteiger partial charge >= 0.3 is 0 Å². The molecule has 0 aromatic heterocycles. The summed E-state index contributed by atoms with van der Waals surface area (Å²) in [6, 6.07) is 15.7. The SMILES string of the molecule is COc1cccc(NC(=O)COc2ccc3c(c2)OC(=Cc2c(F)cccc2Cl)C3=O)c1. The number of anilines is 1. The lowest BCUT2D eigenvalue weighted by Gasteiger charge is -2.09. The van der Waals surface area contributed by atoms with Gasteiger partial charge in [0.1, 0.15) is 23.1 Å². The number of benzene rings is 3. The van der Waals surface area contributed by atoms with Gasteiger partial charge in [-0.2, -0.15) is 0 Å². The Morgan fingerprint density at radius 3 is 2.72 bits per heavy atom. The van der Waals surface area contributed by atoms with E-state index in [4.69, 9.17) is 25.8 Å². The maximum atomic E-state index is 14.0. The fourth-order valence-electron chi connectivity index (χ4n) is 3.08. The maximum Gasteiger partial charge on any atom is 0.262 e. The minimum Gasteiger partial charge on any atom is -0.497 e. The number of methoxy groups -OCH3 is 1. The van der Waals surface area contributed by atoms with Gasteiger partial charge in [-0.25, -0.2) is 4.39 Å². The molecule has 3 aromatic carbocycles. The van der Waals surface area contributed by atoms with E-state index in [9.17, 15) is 14.0 Å². The Hall–Kier alpha value is -3.84. The van der Waals surface area contributed by atoms with Gasteiger partial charge in [0, 0.05) is 23.4 Å². The predicted molar refractivity (Wildman–Crippen MR) is 118 cm³/mol. The lowest BCUT2D eigenvalue weighted by molar-refractivity contribution is -0.118. The molecule has 0 fully saturated rings. The van der Waals surface area contributed by atoms with Gasteiger partial charge in [0.2, 0.25) is 5.78 Å². The highest BCUT2D eigenvalue weighted by Gasteiger charge is 2.28. The third-order valence-corrected chi connectivity index (χ3v) is 4.97. The van der Waals surface area contributed by atoms with Gasteiger partial charge in [0.05, 0.1) is 17.7 Å². The van der Waals surface area contributed by atoms with E-state index in [-0.39, 0.29) is 34.6 Å². The Labute approximate surface area is 188 Å². The second-order valence-corrected chi connectivity index (χ2v) is 7.21. The number of amides is 1. The Kier molecular flexibility index (Phi) is 6.09. The molecule has 1 amide bonds. The van der Waals surface area contributed by atoms with Gasteiger partial charge in [-0.15, -0.1) is 0 Å². The zero-order valence-electron chi connectivity index (χ0n) is 16.9. The molecule has 1 aliphatic rings. The number of nitrogens with one attached hydrogen (secondary N) is 1. The number of fused-ring (bicyclic) bond motifs is 1. The number of allylic oxidation sites excluding steroid dienone is 1. The zero-order valence-corrected chi connectivity index (χ0v) is 17.6. The second-order valence-electron chi connectivity index (χ2n) is 6.80. The van der Waals surface area contributed by atoms with E-state index < -0.39 is 11.6 Å². The van der Waals surface area contributed by atoms with Crippen LogP contribution in [-0.2, 0) is 4.79 Å². The van der Waals surface area contributed by atoms with Crippen LogP contribution in [0.2, 0.25) is 5.02 Å². The Balaban J connectivity index is 1.43. The van der Waals surface area contributed by atoms with Gasteiger partial charge in [-0.3, -0.25) is 9.59 Å². The summed E-state index contributed by atoms with van der Waals surface area (Å²) in [5, 5.41) is 2.87. The number of carbonyl (C=O) groups excluding carboxylic acids is 2. The minimum absolute atomic E-state index is 0.0556. The monoisotopic (exact) mass is 453 g/mol. The van der Waals surface area contributed by atoms with Crippen molar-refractivity contribution in [3.63, 3.8) is 0 Å². The highest BCUT2D eigenvalue weighted by atomic mass is 35.5. The fraction of sp³-hybridized carbons (Fsp3) is 0.0833. The number of hydrogen-bond donors (Lipinski definition) is 1. The smallest absolute Gasteiger partial charge is 0.262 e. The standard InChI is InChI=1S/C24H17ClFNO5/c1-30-15-5-2-4-14(10-15)27-23(28)13-31-16-8-9-17-21(11-16)32-22(24(17)29)12-18-19(25)6-3-7-20(18)26/h2-12H,13H2,1H3,(H,27,28). The molecule has 0 radical (unpaired) electrons. The van der Waals surface area contributed by atoms with Gasteiger partial charge in [-0.1, -0.05) is 23.7 Å². The largest absolute Gasteiger partial charge is 0.497 e. The Morgan fingerprint density at radius 1 is 1.12 bits per heavy atom. The number of halogens is 2. The number of rotatable bonds is 6. The van der Waals surface area contributed by atoms with Crippen molar-refractivity contribution in [1.82, 2.24) is 0 Å². The van der Waals surface area contributed by atoms with Crippen LogP contribution in [0.15, 0.2) is 66.4 Å². The summed E-state index contributed by atoms with van der Waals surface area (Å²) >= 11 is 6.02. The molecule has 0 bridgehead atoms. The van der Waals surface area contributed by atoms with Gasteiger partial charge < -0.3 is 19.5 Å². The summed E-state index contributed by atoms with van der Waals surface area (Å²) in [4.78, 5) is 24.8. The van der Waals surface area contributed by atoms with E-state index in [2.05, 4.69) is 5.32 Å². The van der Waals surface area contributed by atoms with Gasteiger partial charge in [0.25, 0.3) is 5.91 Å². The van der Waals surface area contributed by atoms with Crippen molar-refractivity contribution in [2.45, 2.75) is 0 Å². The van der Waals surface area contributed by atoms with Crippen LogP contribution in [-0.4, -0.2) is 25.4 Å². The molecule has 6 nitrogen and oxygen atoms in total. The average Bonchev–Trinajstić information content (AvgIpc) is 3.09. The minimum atomic E-state index is -0.566. The number of ketones is 1. The third kappa shape index (κ3) is 4.58. The summed E-state index contributed by atoms with van der Waals surface area (Å²) in [6.45, 7) is -0.253. The molecule has 0 saturated carbocycles. The average molecular weight is 454 g/mol. The van der Waals surface area contributed by atoms with E-state index >= 15 is 0 Å². The van der Waals surface area contributed by atoms with Crippen molar-refractivity contribution in [2.75, 3.05) is 19.0 Å². The summed E-state index contributed by atoms with van der Waals surface area (Å²) in [6.07, 6.45) is 1.27. The van der Waals surface area contributed by atoms with Crippen LogP contribution in [0.1, 0.15) is 15.9 Å². The van der Waals surface area contributed by atoms with Crippen molar-refractivity contribution >= 4 is 35.1 Å². The fourth-order valence-corrected chi connectivity index (χ4v) is 3.30. The van der Waals surface area contributed by atoms with Crippen molar-refractivity contribution in [3.8, 4) is 17.2 Å². The lowest BCUT2D eigenvalue weighted by atomic mass is 10.1. The van der Waals surface area contributed by atoms with E-state index in [1.54, 1.807) is 30.3 Å². The zero-order chi connectivity index (χ0) is 22.7. The van der Waals surface area contributed by atoms with Crippen LogP contribution in [0.25, 0.3) is 6.08 Å². The first-order valence-corrected chi connectivity index (χ1v) is 9.91. The summed E-state index contributed by atoms with van der Waals surface area (Å²) in [5.74, 6) is -0.192. The first kappa shape index (κ1) is 21.4. The molecule has 8 heteroatoms. The molecule has 3 aromatic rings. The van der Waals surface area contributed by atoms with Gasteiger partial charge in [0.15, 0.2) is 12.4 Å². The van der Waals surface area contributed by atoms with E-state index in [0.29, 0.717) is 22.7 Å². The summed E-state index contributed by atoms with van der Waals surface area (Å²) < 4.78 is 30.3. The van der Waals surface area contributed by atoms with Crippen LogP contribution in [0, 0.1) is 5.82 Å². The number of carbonyl (C=O) groups is 2. The first-order chi connectivity index (χ1) is 15.4. The molecule has 0 aliphatic carbocycles. The van der Waals surface area contributed by atoms with Crippen LogP contribution in [0.3, 0.4) is 0 Å². The molecule has 1 heterocycles. The summed E-state index contributed by atoms with van der Waals surface area (Å²) in [7, 11) is 1.54. The molecule has 0 spiro atoms. The molecule has 0 unspecified atom stereocenters. The van der Waals surface area contributed by atoms with Crippen LogP contribution in [0.5, 0.6) is 17.2 Å². The maximum absolute atomic E-state index is 14.0. The van der Waals surface area contributed by atoms with E-state index in [0.717, 1.165) is 0 Å². The number of Topliss-reactive ketones (excluding diaryl/α,β-unsaturated/α-hetero) is 1. The normalized spacial score (nSPS) is 13.5. The predicted octanol–water partition coefficient (Wildman–Crippen LogP) is 5.12. The van der Waals surface area contributed by atoms with Crippen LogP contribution < -0.4 is 19.5 Å². The molecule has 1 aliphatic heterocycles. The molecule has 162 valence electrons. The van der Waals surface area contributed by atoms with Crippen molar-refractivity contribution in [2.24, 2.45) is 0 Å². The molecule has 32 heavy (non-hydrogen) atoms. The van der Waals surface area contributed by atoms with Crippen LogP contribution >= 0.6 is 11.6 Å². The second kappa shape index (κ2) is 9.11. The molecule has 0 saturated heterocycles. The van der Waals surface area contributed by atoms with Crippen molar-refractivity contribution in [3.05, 3.63) is 88.4 Å². The van der Waals surface area contributed by atoms with Crippen molar-refractivity contribution < 1.29 is 28.2 Å².